The molecule has 2 N–H and O–H groups in total. The molecule has 4 nitrogen and oxygen atoms in total. The Labute approximate surface area is 110 Å². The Kier molecular flexibility index (Phi) is 4.34. The molecule has 0 spiro atoms. The van der Waals surface area contributed by atoms with E-state index in [1.54, 1.807) is 6.33 Å². The molecule has 88 valence electrons. The molecule has 1 aliphatic heterocycles. The molecular weight excluding hydrogens is 315 g/mol. The maximum Gasteiger partial charge on any atom is 0.145 e. The van der Waals surface area contributed by atoms with E-state index in [-0.39, 0.29) is 0 Å². The molecular formula is C11H17IN4. The molecule has 2 rings (SSSR count). The van der Waals surface area contributed by atoms with E-state index in [9.17, 15) is 0 Å². The molecule has 1 unspecified atom stereocenters. The highest BCUT2D eigenvalue weighted by molar-refractivity contribution is 14.1. The van der Waals surface area contributed by atoms with E-state index in [1.165, 1.54) is 19.3 Å². The number of rotatable bonds is 4. The molecule has 0 aliphatic carbocycles. The van der Waals surface area contributed by atoms with Gasteiger partial charge in [-0.1, -0.05) is 0 Å². The molecule has 0 amide bonds. The SMILES string of the molecule is NCCCC1CCCN1c1ncncc1I. The van der Waals surface area contributed by atoms with E-state index >= 15 is 0 Å². The maximum atomic E-state index is 5.58. The zero-order chi connectivity index (χ0) is 11.4. The van der Waals surface area contributed by atoms with Gasteiger partial charge in [0, 0.05) is 18.8 Å². The molecule has 5 heteroatoms. The van der Waals surface area contributed by atoms with Crippen LogP contribution in [0, 0.1) is 3.57 Å². The second-order valence-corrected chi connectivity index (χ2v) is 5.28. The molecule has 1 aliphatic rings. The lowest BCUT2D eigenvalue weighted by atomic mass is 10.1. The zero-order valence-electron chi connectivity index (χ0n) is 9.27. The Morgan fingerprint density at radius 1 is 1.56 bits per heavy atom. The average Bonchev–Trinajstić information content (AvgIpc) is 2.75. The first-order chi connectivity index (χ1) is 7.83. The van der Waals surface area contributed by atoms with Crippen molar-refractivity contribution in [3.8, 4) is 0 Å². The summed E-state index contributed by atoms with van der Waals surface area (Å²) in [4.78, 5) is 10.8. The van der Waals surface area contributed by atoms with Crippen molar-refractivity contribution in [2.45, 2.75) is 31.7 Å². The molecule has 16 heavy (non-hydrogen) atoms. The fourth-order valence-electron chi connectivity index (χ4n) is 2.29. The minimum atomic E-state index is 0.618. The molecule has 0 bridgehead atoms. The van der Waals surface area contributed by atoms with Crippen LogP contribution in [0.25, 0.3) is 0 Å². The van der Waals surface area contributed by atoms with Crippen molar-refractivity contribution in [1.82, 2.24) is 9.97 Å². The van der Waals surface area contributed by atoms with Gasteiger partial charge in [-0.3, -0.25) is 0 Å². The smallest absolute Gasteiger partial charge is 0.145 e. The minimum Gasteiger partial charge on any atom is -0.353 e. The molecule has 1 fully saturated rings. The number of nitrogens with zero attached hydrogens (tertiary/aromatic N) is 3. The van der Waals surface area contributed by atoms with E-state index < -0.39 is 0 Å². The fraction of sp³-hybridized carbons (Fsp3) is 0.636. The van der Waals surface area contributed by atoms with Crippen LogP contribution >= 0.6 is 22.6 Å². The Hall–Kier alpha value is -0.430. The molecule has 1 aromatic rings. The average molecular weight is 332 g/mol. The quantitative estimate of drug-likeness (QED) is 0.854. The van der Waals surface area contributed by atoms with Gasteiger partial charge in [0.25, 0.3) is 0 Å². The Morgan fingerprint density at radius 2 is 2.44 bits per heavy atom. The van der Waals surface area contributed by atoms with Crippen molar-refractivity contribution in [1.29, 1.82) is 0 Å². The van der Waals surface area contributed by atoms with Gasteiger partial charge in [0.1, 0.15) is 12.1 Å². The molecule has 1 saturated heterocycles. The van der Waals surface area contributed by atoms with Crippen LogP contribution in [0.1, 0.15) is 25.7 Å². The molecule has 1 aromatic heterocycles. The lowest BCUT2D eigenvalue weighted by Crippen LogP contribution is -2.31. The summed E-state index contributed by atoms with van der Waals surface area (Å²) in [6, 6.07) is 0.618. The number of aromatic nitrogens is 2. The van der Waals surface area contributed by atoms with Gasteiger partial charge in [0.05, 0.1) is 3.57 Å². The molecule has 2 heterocycles. The largest absolute Gasteiger partial charge is 0.353 e. The molecule has 0 saturated carbocycles. The standard InChI is InChI=1S/C11H17IN4/c12-10-7-14-8-15-11(10)16-6-2-4-9(16)3-1-5-13/h7-9H,1-6,13H2. The van der Waals surface area contributed by atoms with Crippen molar-refractivity contribution < 1.29 is 0 Å². The van der Waals surface area contributed by atoms with Crippen molar-refractivity contribution >= 4 is 28.4 Å². The van der Waals surface area contributed by atoms with Crippen molar-refractivity contribution in [2.24, 2.45) is 5.73 Å². The first kappa shape index (κ1) is 12.0. The summed E-state index contributed by atoms with van der Waals surface area (Å²) in [5, 5.41) is 0. The molecule has 0 radical (unpaired) electrons. The van der Waals surface area contributed by atoms with Crippen LogP contribution in [-0.2, 0) is 0 Å². The van der Waals surface area contributed by atoms with Crippen LogP contribution < -0.4 is 10.6 Å². The number of halogens is 1. The van der Waals surface area contributed by atoms with E-state index in [0.717, 1.165) is 28.9 Å². The normalized spacial score (nSPS) is 20.4. The summed E-state index contributed by atoms with van der Waals surface area (Å²) in [5.41, 5.74) is 5.58. The third-order valence-corrected chi connectivity index (χ3v) is 3.80. The van der Waals surface area contributed by atoms with Gasteiger partial charge in [-0.15, -0.1) is 0 Å². The van der Waals surface area contributed by atoms with Crippen LogP contribution in [0.15, 0.2) is 12.5 Å². The van der Waals surface area contributed by atoms with Gasteiger partial charge in [-0.25, -0.2) is 9.97 Å². The second-order valence-electron chi connectivity index (χ2n) is 4.11. The Morgan fingerprint density at radius 3 is 3.19 bits per heavy atom. The van der Waals surface area contributed by atoms with Crippen LogP contribution in [0.5, 0.6) is 0 Å². The Bertz CT molecular complexity index is 345. The first-order valence-corrected chi connectivity index (χ1v) is 6.83. The van der Waals surface area contributed by atoms with E-state index in [0.29, 0.717) is 6.04 Å². The zero-order valence-corrected chi connectivity index (χ0v) is 11.4. The lowest BCUT2D eigenvalue weighted by Gasteiger charge is -2.26. The monoisotopic (exact) mass is 332 g/mol. The van der Waals surface area contributed by atoms with Gasteiger partial charge in [0.2, 0.25) is 0 Å². The predicted molar refractivity (Wildman–Crippen MR) is 73.4 cm³/mol. The highest BCUT2D eigenvalue weighted by Crippen LogP contribution is 2.29. The summed E-state index contributed by atoms with van der Waals surface area (Å²) < 4.78 is 1.14. The van der Waals surface area contributed by atoms with Crippen LogP contribution in [0.4, 0.5) is 5.82 Å². The highest BCUT2D eigenvalue weighted by Gasteiger charge is 2.26. The van der Waals surface area contributed by atoms with Crippen LogP contribution in [0.2, 0.25) is 0 Å². The number of hydrogen-bond acceptors (Lipinski definition) is 4. The number of hydrogen-bond donors (Lipinski definition) is 1. The molecule has 0 aromatic carbocycles. The van der Waals surface area contributed by atoms with E-state index in [1.807, 2.05) is 6.20 Å². The van der Waals surface area contributed by atoms with Crippen molar-refractivity contribution in [2.75, 3.05) is 18.0 Å². The minimum absolute atomic E-state index is 0.618. The van der Waals surface area contributed by atoms with Gasteiger partial charge >= 0.3 is 0 Å². The summed E-state index contributed by atoms with van der Waals surface area (Å²) in [6.07, 6.45) is 8.31. The van der Waals surface area contributed by atoms with Gasteiger partial charge in [-0.05, 0) is 54.8 Å². The third-order valence-electron chi connectivity index (χ3n) is 3.04. The van der Waals surface area contributed by atoms with Crippen LogP contribution in [-0.4, -0.2) is 29.1 Å². The second kappa shape index (κ2) is 5.77. The summed E-state index contributed by atoms with van der Waals surface area (Å²) in [5.74, 6) is 1.09. The van der Waals surface area contributed by atoms with Crippen molar-refractivity contribution in [3.63, 3.8) is 0 Å². The predicted octanol–water partition coefficient (Wildman–Crippen LogP) is 1.79. The summed E-state index contributed by atoms with van der Waals surface area (Å²) in [7, 11) is 0. The van der Waals surface area contributed by atoms with Gasteiger partial charge in [0.15, 0.2) is 0 Å². The number of nitrogens with two attached hydrogens (primary N) is 1. The summed E-state index contributed by atoms with van der Waals surface area (Å²) >= 11 is 2.31. The lowest BCUT2D eigenvalue weighted by molar-refractivity contribution is 0.581. The van der Waals surface area contributed by atoms with Crippen molar-refractivity contribution in [3.05, 3.63) is 16.1 Å². The van der Waals surface area contributed by atoms with E-state index in [2.05, 4.69) is 37.5 Å². The topological polar surface area (TPSA) is 55.0 Å². The van der Waals surface area contributed by atoms with Gasteiger partial charge < -0.3 is 10.6 Å². The third kappa shape index (κ3) is 2.63. The summed E-state index contributed by atoms with van der Waals surface area (Å²) in [6.45, 7) is 1.90. The maximum absolute atomic E-state index is 5.58. The number of anilines is 1. The Balaban J connectivity index is 2.10. The van der Waals surface area contributed by atoms with E-state index in [4.69, 9.17) is 5.73 Å². The fourth-order valence-corrected chi connectivity index (χ4v) is 2.90. The highest BCUT2D eigenvalue weighted by atomic mass is 127. The van der Waals surface area contributed by atoms with Gasteiger partial charge in [-0.2, -0.15) is 0 Å². The first-order valence-electron chi connectivity index (χ1n) is 5.75. The molecule has 1 atom stereocenters. The van der Waals surface area contributed by atoms with Crippen LogP contribution in [0.3, 0.4) is 0 Å².